The molecule has 27 heavy (non-hydrogen) atoms. The molecule has 1 aliphatic carbocycles. The Morgan fingerprint density at radius 2 is 2.15 bits per heavy atom. The van der Waals surface area contributed by atoms with Gasteiger partial charge in [-0.3, -0.25) is 9.78 Å². The second-order valence-electron chi connectivity index (χ2n) is 7.21. The topological polar surface area (TPSA) is 67.0 Å². The number of hydrogen-bond donors (Lipinski definition) is 2. The number of H-pyrrole nitrogens is 1. The standard InChI is InChI=1S/C20H19ClFN3O2/c1-20(2-3-20)19(26)24-10-15-5-13-6-16(21)18(7-17(13)25-15)27-11-12-4-14(22)9-23-8-12/h4-9,25H,2-3,10-11H2,1H3,(H,24,26). The number of ether oxygens (including phenoxy) is 1. The van der Waals surface area contributed by atoms with Crippen LogP contribution in [0.2, 0.25) is 5.02 Å². The molecule has 5 nitrogen and oxygen atoms in total. The number of pyridine rings is 1. The lowest BCUT2D eigenvalue weighted by Gasteiger charge is -2.08. The zero-order valence-corrected chi connectivity index (χ0v) is 15.6. The van der Waals surface area contributed by atoms with Gasteiger partial charge in [0.15, 0.2) is 0 Å². The smallest absolute Gasteiger partial charge is 0.226 e. The Balaban J connectivity index is 1.46. The van der Waals surface area contributed by atoms with Gasteiger partial charge in [0.1, 0.15) is 18.2 Å². The van der Waals surface area contributed by atoms with Gasteiger partial charge in [0.05, 0.1) is 17.8 Å². The van der Waals surface area contributed by atoms with E-state index in [0.717, 1.165) is 35.6 Å². The third kappa shape index (κ3) is 3.90. The van der Waals surface area contributed by atoms with Crippen molar-refractivity contribution < 1.29 is 13.9 Å². The molecule has 1 fully saturated rings. The fraction of sp³-hybridized carbons (Fsp3) is 0.300. The molecule has 0 saturated heterocycles. The highest BCUT2D eigenvalue weighted by Gasteiger charge is 2.44. The summed E-state index contributed by atoms with van der Waals surface area (Å²) < 4.78 is 18.9. The maximum absolute atomic E-state index is 13.2. The molecule has 2 aromatic heterocycles. The predicted molar refractivity (Wildman–Crippen MR) is 101 cm³/mol. The normalized spacial score (nSPS) is 14.9. The molecule has 0 aliphatic heterocycles. The van der Waals surface area contributed by atoms with Crippen LogP contribution in [0.25, 0.3) is 10.9 Å². The predicted octanol–water partition coefficient (Wildman–Crippen LogP) is 4.35. The van der Waals surface area contributed by atoms with Gasteiger partial charge in [-0.2, -0.15) is 0 Å². The van der Waals surface area contributed by atoms with Crippen molar-refractivity contribution in [2.75, 3.05) is 0 Å². The second-order valence-corrected chi connectivity index (χ2v) is 7.62. The zero-order valence-electron chi connectivity index (χ0n) is 14.8. The first-order chi connectivity index (χ1) is 12.9. The van der Waals surface area contributed by atoms with Crippen LogP contribution in [0.1, 0.15) is 31.0 Å². The van der Waals surface area contributed by atoms with Crippen LogP contribution < -0.4 is 10.1 Å². The number of rotatable bonds is 6. The SMILES string of the molecule is CC1(C(=O)NCc2cc3cc(Cl)c(OCc4cncc(F)c4)cc3[nH]2)CC1. The van der Waals surface area contributed by atoms with E-state index in [1.165, 1.54) is 6.07 Å². The first-order valence-corrected chi connectivity index (χ1v) is 9.12. The number of carbonyl (C=O) groups is 1. The molecule has 0 atom stereocenters. The summed E-state index contributed by atoms with van der Waals surface area (Å²) in [6.45, 7) is 2.58. The lowest BCUT2D eigenvalue weighted by atomic mass is 10.1. The van der Waals surface area contributed by atoms with E-state index >= 15 is 0 Å². The number of amides is 1. The number of carbonyl (C=O) groups excluding carboxylic acids is 1. The summed E-state index contributed by atoms with van der Waals surface area (Å²) in [6, 6.07) is 6.93. The molecule has 0 unspecified atom stereocenters. The highest BCUT2D eigenvalue weighted by molar-refractivity contribution is 6.32. The maximum atomic E-state index is 13.2. The molecule has 7 heteroatoms. The average Bonchev–Trinajstić information content (AvgIpc) is 3.27. The van der Waals surface area contributed by atoms with Crippen molar-refractivity contribution in [3.63, 3.8) is 0 Å². The third-order valence-corrected chi connectivity index (χ3v) is 5.17. The van der Waals surface area contributed by atoms with E-state index in [-0.39, 0.29) is 17.9 Å². The lowest BCUT2D eigenvalue weighted by molar-refractivity contribution is -0.125. The van der Waals surface area contributed by atoms with Gasteiger partial charge in [0.2, 0.25) is 5.91 Å². The Labute approximate surface area is 160 Å². The maximum Gasteiger partial charge on any atom is 0.226 e. The molecular formula is C20H19ClFN3O2. The summed E-state index contributed by atoms with van der Waals surface area (Å²) in [4.78, 5) is 19.1. The molecule has 1 amide bonds. The molecule has 2 N–H and O–H groups in total. The van der Waals surface area contributed by atoms with E-state index < -0.39 is 5.82 Å². The minimum Gasteiger partial charge on any atom is -0.487 e. The van der Waals surface area contributed by atoms with Gasteiger partial charge < -0.3 is 15.0 Å². The van der Waals surface area contributed by atoms with E-state index in [9.17, 15) is 9.18 Å². The summed E-state index contributed by atoms with van der Waals surface area (Å²) in [5.74, 6) is 0.178. The molecule has 0 radical (unpaired) electrons. The van der Waals surface area contributed by atoms with Gasteiger partial charge in [0.25, 0.3) is 0 Å². The van der Waals surface area contributed by atoms with Crippen LogP contribution in [0.5, 0.6) is 5.75 Å². The van der Waals surface area contributed by atoms with E-state index in [1.807, 2.05) is 13.0 Å². The molecule has 1 saturated carbocycles. The van der Waals surface area contributed by atoms with Crippen LogP contribution in [-0.2, 0) is 17.9 Å². The van der Waals surface area contributed by atoms with Crippen molar-refractivity contribution in [1.82, 2.24) is 15.3 Å². The first-order valence-electron chi connectivity index (χ1n) is 8.75. The van der Waals surface area contributed by atoms with Crippen LogP contribution >= 0.6 is 11.6 Å². The summed E-state index contributed by atoms with van der Waals surface area (Å²) in [5, 5.41) is 4.36. The van der Waals surface area contributed by atoms with E-state index in [4.69, 9.17) is 16.3 Å². The zero-order chi connectivity index (χ0) is 19.0. The molecule has 1 aliphatic rings. The van der Waals surface area contributed by atoms with Gasteiger partial charge in [-0.05, 0) is 31.0 Å². The van der Waals surface area contributed by atoms with Crippen LogP contribution in [0.3, 0.4) is 0 Å². The van der Waals surface area contributed by atoms with Crippen molar-refractivity contribution in [3.8, 4) is 5.75 Å². The number of aromatic amines is 1. The Hall–Kier alpha value is -2.60. The highest BCUT2D eigenvalue weighted by Crippen LogP contribution is 2.45. The first kappa shape index (κ1) is 17.8. The Bertz CT molecular complexity index is 1010. The van der Waals surface area contributed by atoms with Crippen molar-refractivity contribution in [2.45, 2.75) is 32.9 Å². The number of benzene rings is 1. The van der Waals surface area contributed by atoms with Crippen LogP contribution in [0, 0.1) is 11.2 Å². The lowest BCUT2D eigenvalue weighted by Crippen LogP contribution is -2.29. The molecule has 1 aromatic carbocycles. The summed E-state index contributed by atoms with van der Waals surface area (Å²) in [6.07, 6.45) is 4.59. The van der Waals surface area contributed by atoms with E-state index in [2.05, 4.69) is 15.3 Å². The molecule has 2 heterocycles. The van der Waals surface area contributed by atoms with Gasteiger partial charge in [-0.25, -0.2) is 4.39 Å². The largest absolute Gasteiger partial charge is 0.487 e. The number of nitrogens with one attached hydrogen (secondary N) is 2. The third-order valence-electron chi connectivity index (χ3n) is 4.87. The van der Waals surface area contributed by atoms with E-state index in [1.54, 1.807) is 18.3 Å². The fourth-order valence-electron chi connectivity index (χ4n) is 2.90. The Morgan fingerprint density at radius 3 is 2.89 bits per heavy atom. The van der Waals surface area contributed by atoms with Gasteiger partial charge in [0, 0.05) is 39.8 Å². The molecule has 0 spiro atoms. The van der Waals surface area contributed by atoms with Gasteiger partial charge in [-0.1, -0.05) is 18.5 Å². The number of hydrogen-bond acceptors (Lipinski definition) is 3. The fourth-order valence-corrected chi connectivity index (χ4v) is 3.13. The molecular weight excluding hydrogens is 369 g/mol. The summed E-state index contributed by atoms with van der Waals surface area (Å²) in [7, 11) is 0. The Kier molecular flexibility index (Phi) is 4.52. The molecule has 0 bridgehead atoms. The van der Waals surface area contributed by atoms with Crippen LogP contribution in [0.15, 0.2) is 36.7 Å². The van der Waals surface area contributed by atoms with Crippen molar-refractivity contribution >= 4 is 28.4 Å². The minimum absolute atomic E-state index is 0.0897. The van der Waals surface area contributed by atoms with Crippen molar-refractivity contribution in [1.29, 1.82) is 0 Å². The molecule has 140 valence electrons. The number of nitrogens with zero attached hydrogens (tertiary/aromatic N) is 1. The Morgan fingerprint density at radius 1 is 1.33 bits per heavy atom. The highest BCUT2D eigenvalue weighted by atomic mass is 35.5. The number of aromatic nitrogens is 2. The van der Waals surface area contributed by atoms with E-state index in [0.29, 0.717) is 22.9 Å². The summed E-state index contributed by atoms with van der Waals surface area (Å²) in [5.41, 5.74) is 2.18. The van der Waals surface area contributed by atoms with Crippen molar-refractivity contribution in [3.05, 3.63) is 58.8 Å². The number of halogens is 2. The summed E-state index contributed by atoms with van der Waals surface area (Å²) >= 11 is 6.31. The average molecular weight is 388 g/mol. The number of fused-ring (bicyclic) bond motifs is 1. The molecule has 3 aromatic rings. The van der Waals surface area contributed by atoms with Gasteiger partial charge >= 0.3 is 0 Å². The van der Waals surface area contributed by atoms with Gasteiger partial charge in [-0.15, -0.1) is 0 Å². The second kappa shape index (κ2) is 6.85. The van der Waals surface area contributed by atoms with Crippen LogP contribution in [0.4, 0.5) is 4.39 Å². The molecule has 4 rings (SSSR count). The minimum atomic E-state index is -0.409. The quantitative estimate of drug-likeness (QED) is 0.660. The monoisotopic (exact) mass is 387 g/mol. The van der Waals surface area contributed by atoms with Crippen molar-refractivity contribution in [2.24, 2.45) is 5.41 Å². The van der Waals surface area contributed by atoms with Crippen LogP contribution in [-0.4, -0.2) is 15.9 Å².